The Balaban J connectivity index is 2.73. The predicted octanol–water partition coefficient (Wildman–Crippen LogP) is 2.56. The minimum atomic E-state index is 1.30. The molecule has 62 valence electrons. The van der Waals surface area contributed by atoms with Crippen molar-refractivity contribution in [3.05, 3.63) is 23.4 Å². The second-order valence-corrected chi connectivity index (χ2v) is 3.24. The topological polar surface area (TPSA) is 3.24 Å². The van der Waals surface area contributed by atoms with Gasteiger partial charge in [-0.15, -0.1) is 0 Å². The van der Waals surface area contributed by atoms with Crippen molar-refractivity contribution < 1.29 is 0 Å². The molecule has 1 aliphatic carbocycles. The molecule has 0 radical (unpaired) electrons. The van der Waals surface area contributed by atoms with Crippen LogP contribution < -0.4 is 0 Å². The van der Waals surface area contributed by atoms with Crippen LogP contribution in [0, 0.1) is 0 Å². The average molecular weight is 151 g/mol. The number of hydrogen-bond donors (Lipinski definition) is 0. The number of nitrogens with zero attached hydrogens (tertiary/aromatic N) is 1. The zero-order valence-electron chi connectivity index (χ0n) is 7.72. The van der Waals surface area contributed by atoms with Crippen molar-refractivity contribution >= 4 is 0 Å². The first-order chi connectivity index (χ1) is 5.25. The van der Waals surface area contributed by atoms with Gasteiger partial charge < -0.3 is 4.90 Å². The number of rotatable bonds is 2. The van der Waals surface area contributed by atoms with Gasteiger partial charge in [0.2, 0.25) is 0 Å². The van der Waals surface area contributed by atoms with E-state index in [0.29, 0.717) is 0 Å². The van der Waals surface area contributed by atoms with Crippen molar-refractivity contribution in [3.8, 4) is 0 Å². The molecule has 0 N–H and O–H groups in total. The molecule has 0 aliphatic heterocycles. The third kappa shape index (κ3) is 1.86. The summed E-state index contributed by atoms with van der Waals surface area (Å²) < 4.78 is 0. The van der Waals surface area contributed by atoms with Crippen LogP contribution in [0.1, 0.15) is 26.2 Å². The SMILES string of the molecule is C/C=C\C(=C1CCC1)N(C)C. The van der Waals surface area contributed by atoms with Crippen molar-refractivity contribution in [1.82, 2.24) is 4.90 Å². The molecule has 1 saturated carbocycles. The lowest BCUT2D eigenvalue weighted by Gasteiger charge is -2.25. The maximum atomic E-state index is 2.20. The van der Waals surface area contributed by atoms with E-state index in [1.807, 2.05) is 0 Å². The van der Waals surface area contributed by atoms with Crippen molar-refractivity contribution in [2.45, 2.75) is 26.2 Å². The van der Waals surface area contributed by atoms with E-state index in [1.54, 1.807) is 5.57 Å². The molecule has 1 fully saturated rings. The highest BCUT2D eigenvalue weighted by Gasteiger charge is 2.13. The average Bonchev–Trinajstić information content (AvgIpc) is 1.82. The highest BCUT2D eigenvalue weighted by atomic mass is 15.1. The van der Waals surface area contributed by atoms with E-state index in [2.05, 4.69) is 38.1 Å². The zero-order chi connectivity index (χ0) is 8.27. The summed E-state index contributed by atoms with van der Waals surface area (Å²) in [6.07, 6.45) is 8.30. The van der Waals surface area contributed by atoms with Gasteiger partial charge in [-0.3, -0.25) is 0 Å². The Morgan fingerprint density at radius 1 is 1.36 bits per heavy atom. The summed E-state index contributed by atoms with van der Waals surface area (Å²) in [5, 5.41) is 0. The minimum Gasteiger partial charge on any atom is -0.378 e. The van der Waals surface area contributed by atoms with E-state index >= 15 is 0 Å². The predicted molar refractivity (Wildman–Crippen MR) is 49.4 cm³/mol. The van der Waals surface area contributed by atoms with Gasteiger partial charge in [-0.25, -0.2) is 0 Å². The molecule has 0 saturated heterocycles. The van der Waals surface area contributed by atoms with Gasteiger partial charge in [-0.05, 0) is 37.8 Å². The summed E-state index contributed by atoms with van der Waals surface area (Å²) in [7, 11) is 4.22. The summed E-state index contributed by atoms with van der Waals surface area (Å²) in [5.74, 6) is 0. The molecule has 0 spiro atoms. The van der Waals surface area contributed by atoms with E-state index < -0.39 is 0 Å². The molecule has 0 bridgehead atoms. The molecule has 0 aromatic rings. The van der Waals surface area contributed by atoms with Crippen LogP contribution in [-0.2, 0) is 0 Å². The van der Waals surface area contributed by atoms with Crippen molar-refractivity contribution in [3.63, 3.8) is 0 Å². The van der Waals surface area contributed by atoms with Gasteiger partial charge >= 0.3 is 0 Å². The normalized spacial score (nSPS) is 16.8. The van der Waals surface area contributed by atoms with Crippen molar-refractivity contribution in [2.24, 2.45) is 0 Å². The third-order valence-corrected chi connectivity index (χ3v) is 2.13. The number of hydrogen-bond acceptors (Lipinski definition) is 1. The fourth-order valence-electron chi connectivity index (χ4n) is 1.35. The molecule has 0 aromatic carbocycles. The minimum absolute atomic E-state index is 1.30. The van der Waals surface area contributed by atoms with Gasteiger partial charge in [0.05, 0.1) is 0 Å². The maximum Gasteiger partial charge on any atom is 0.0349 e. The summed E-state index contributed by atoms with van der Waals surface area (Å²) in [6, 6.07) is 0. The Bertz CT molecular complexity index is 181. The molecule has 0 amide bonds. The van der Waals surface area contributed by atoms with E-state index in [0.717, 1.165) is 0 Å². The summed E-state index contributed by atoms with van der Waals surface area (Å²) in [5.41, 5.74) is 3.03. The van der Waals surface area contributed by atoms with Gasteiger partial charge in [-0.1, -0.05) is 6.08 Å². The summed E-state index contributed by atoms with van der Waals surface area (Å²) in [4.78, 5) is 2.20. The van der Waals surface area contributed by atoms with Crippen molar-refractivity contribution in [2.75, 3.05) is 14.1 Å². The highest BCUT2D eigenvalue weighted by Crippen LogP contribution is 2.29. The molecule has 1 rings (SSSR count). The van der Waals surface area contributed by atoms with Crippen LogP contribution in [0.3, 0.4) is 0 Å². The van der Waals surface area contributed by atoms with Gasteiger partial charge in [0.1, 0.15) is 0 Å². The summed E-state index contributed by atoms with van der Waals surface area (Å²) >= 11 is 0. The van der Waals surface area contributed by atoms with Crippen LogP contribution in [0.15, 0.2) is 23.4 Å². The lowest BCUT2D eigenvalue weighted by molar-refractivity contribution is 0.496. The molecule has 11 heavy (non-hydrogen) atoms. The van der Waals surface area contributed by atoms with Gasteiger partial charge in [0.25, 0.3) is 0 Å². The summed E-state index contributed by atoms with van der Waals surface area (Å²) in [6.45, 7) is 2.07. The van der Waals surface area contributed by atoms with Crippen molar-refractivity contribution in [1.29, 1.82) is 0 Å². The first kappa shape index (κ1) is 8.38. The Hall–Kier alpha value is -0.720. The van der Waals surface area contributed by atoms with E-state index in [1.165, 1.54) is 25.0 Å². The molecule has 1 heteroatoms. The lowest BCUT2D eigenvalue weighted by Crippen LogP contribution is -2.15. The Morgan fingerprint density at radius 2 is 2.00 bits per heavy atom. The van der Waals surface area contributed by atoms with Crippen LogP contribution in [-0.4, -0.2) is 19.0 Å². The molecule has 0 atom stereocenters. The van der Waals surface area contributed by atoms with Crippen LogP contribution in [0.5, 0.6) is 0 Å². The number of likely N-dealkylation sites (N-methyl/N-ethyl adjacent to an activating group) is 1. The zero-order valence-corrected chi connectivity index (χ0v) is 7.72. The smallest absolute Gasteiger partial charge is 0.0349 e. The third-order valence-electron chi connectivity index (χ3n) is 2.13. The Kier molecular flexibility index (Phi) is 2.75. The molecular weight excluding hydrogens is 134 g/mol. The van der Waals surface area contributed by atoms with Crippen LogP contribution in [0.25, 0.3) is 0 Å². The van der Waals surface area contributed by atoms with Gasteiger partial charge in [0, 0.05) is 19.8 Å². The Morgan fingerprint density at radius 3 is 2.27 bits per heavy atom. The van der Waals surface area contributed by atoms with Gasteiger partial charge in [-0.2, -0.15) is 0 Å². The second kappa shape index (κ2) is 3.61. The quantitative estimate of drug-likeness (QED) is 0.586. The number of allylic oxidation sites excluding steroid dienone is 3. The van der Waals surface area contributed by atoms with E-state index in [4.69, 9.17) is 0 Å². The standard InChI is InChI=1S/C10H17N/c1-4-6-10(11(2)3)9-7-5-8-9/h4,6H,5,7-8H2,1-3H3/b6-4-. The van der Waals surface area contributed by atoms with Gasteiger partial charge in [0.15, 0.2) is 0 Å². The fourth-order valence-corrected chi connectivity index (χ4v) is 1.35. The Labute approximate surface area is 69.4 Å². The molecule has 0 heterocycles. The van der Waals surface area contributed by atoms with E-state index in [-0.39, 0.29) is 0 Å². The second-order valence-electron chi connectivity index (χ2n) is 3.24. The first-order valence-corrected chi connectivity index (χ1v) is 4.27. The molecule has 1 aliphatic rings. The monoisotopic (exact) mass is 151 g/mol. The van der Waals surface area contributed by atoms with E-state index in [9.17, 15) is 0 Å². The fraction of sp³-hybridized carbons (Fsp3) is 0.600. The van der Waals surface area contributed by atoms with Crippen LogP contribution in [0.2, 0.25) is 0 Å². The molecular formula is C10H17N. The van der Waals surface area contributed by atoms with Crippen LogP contribution in [0.4, 0.5) is 0 Å². The lowest BCUT2D eigenvalue weighted by atomic mass is 9.90. The van der Waals surface area contributed by atoms with Crippen LogP contribution >= 0.6 is 0 Å². The largest absolute Gasteiger partial charge is 0.378 e. The highest BCUT2D eigenvalue weighted by molar-refractivity contribution is 5.27. The molecule has 0 unspecified atom stereocenters. The molecule has 1 nitrogen and oxygen atoms in total. The molecule has 0 aromatic heterocycles. The first-order valence-electron chi connectivity index (χ1n) is 4.27. The maximum absolute atomic E-state index is 2.20.